The summed E-state index contributed by atoms with van der Waals surface area (Å²) in [5, 5.41) is 15.0. The Bertz CT molecular complexity index is 824. The zero-order valence-electron chi connectivity index (χ0n) is 12.5. The molecule has 1 unspecified atom stereocenters. The van der Waals surface area contributed by atoms with E-state index >= 15 is 0 Å². The van der Waals surface area contributed by atoms with Crippen LogP contribution in [0.15, 0.2) is 54.6 Å². The van der Waals surface area contributed by atoms with Gasteiger partial charge in [0.2, 0.25) is 0 Å². The number of carbonyl (C=O) groups excluding carboxylic acids is 1. The van der Waals surface area contributed by atoms with Gasteiger partial charge < -0.3 is 10.4 Å². The number of thiophene rings is 1. The van der Waals surface area contributed by atoms with Crippen molar-refractivity contribution >= 4 is 38.9 Å². The van der Waals surface area contributed by atoms with Crippen LogP contribution in [0, 0.1) is 0 Å². The van der Waals surface area contributed by atoms with E-state index in [2.05, 4.69) is 5.32 Å². The molecule has 118 valence electrons. The molecule has 5 heteroatoms. The molecule has 0 saturated heterocycles. The first-order chi connectivity index (χ1) is 11.0. The molecule has 0 radical (unpaired) electrons. The van der Waals surface area contributed by atoms with Crippen LogP contribution in [0.1, 0.15) is 22.2 Å². The van der Waals surface area contributed by atoms with Crippen molar-refractivity contribution in [1.29, 1.82) is 0 Å². The topological polar surface area (TPSA) is 49.3 Å². The van der Waals surface area contributed by atoms with Crippen LogP contribution in [0.3, 0.4) is 0 Å². The van der Waals surface area contributed by atoms with E-state index in [9.17, 15) is 9.90 Å². The molecule has 2 N–H and O–H groups in total. The number of hydrogen-bond donors (Lipinski definition) is 2. The molecule has 1 amide bonds. The van der Waals surface area contributed by atoms with E-state index in [1.165, 1.54) is 11.3 Å². The van der Waals surface area contributed by atoms with Crippen molar-refractivity contribution in [2.24, 2.45) is 0 Å². The minimum absolute atomic E-state index is 0.115. The van der Waals surface area contributed by atoms with Crippen molar-refractivity contribution in [3.8, 4) is 0 Å². The molecule has 3 nitrogen and oxygen atoms in total. The number of halogens is 1. The molecule has 3 rings (SSSR count). The maximum Gasteiger partial charge on any atom is 0.252 e. The lowest BCUT2D eigenvalue weighted by atomic mass is 10.0. The second-order valence-electron chi connectivity index (χ2n) is 5.58. The van der Waals surface area contributed by atoms with E-state index in [0.29, 0.717) is 10.6 Å². The van der Waals surface area contributed by atoms with Crippen LogP contribution in [0.25, 0.3) is 10.1 Å². The second-order valence-corrected chi connectivity index (χ2v) is 7.08. The molecule has 0 aliphatic heterocycles. The lowest BCUT2D eigenvalue weighted by Crippen LogP contribution is -2.38. The van der Waals surface area contributed by atoms with E-state index in [0.717, 1.165) is 15.0 Å². The fraction of sp³-hybridized carbons (Fsp3) is 0.167. The van der Waals surface area contributed by atoms with Crippen LogP contribution < -0.4 is 5.32 Å². The molecule has 0 saturated carbocycles. The average Bonchev–Trinajstić information content (AvgIpc) is 2.98. The highest BCUT2D eigenvalue weighted by atomic mass is 35.5. The summed E-state index contributed by atoms with van der Waals surface area (Å²) in [6, 6.07) is 16.8. The predicted molar refractivity (Wildman–Crippen MR) is 95.2 cm³/mol. The molecule has 0 aliphatic carbocycles. The Morgan fingerprint density at radius 2 is 1.91 bits per heavy atom. The summed E-state index contributed by atoms with van der Waals surface area (Å²) >= 11 is 7.55. The van der Waals surface area contributed by atoms with Crippen molar-refractivity contribution in [3.63, 3.8) is 0 Å². The average molecular weight is 346 g/mol. The van der Waals surface area contributed by atoms with Gasteiger partial charge in [0.25, 0.3) is 5.91 Å². The van der Waals surface area contributed by atoms with Crippen LogP contribution in [-0.2, 0) is 5.60 Å². The fourth-order valence-corrected chi connectivity index (χ4v) is 3.66. The molecule has 0 bridgehead atoms. The van der Waals surface area contributed by atoms with Crippen molar-refractivity contribution in [1.82, 2.24) is 5.32 Å². The summed E-state index contributed by atoms with van der Waals surface area (Å²) in [4.78, 5) is 13.0. The Kier molecular flexibility index (Phi) is 4.39. The zero-order valence-corrected chi connectivity index (χ0v) is 14.1. The molecule has 0 aliphatic rings. The number of hydrogen-bond acceptors (Lipinski definition) is 3. The monoisotopic (exact) mass is 345 g/mol. The molecular formula is C18H16ClNO2S. The maximum absolute atomic E-state index is 12.2. The van der Waals surface area contributed by atoms with Gasteiger partial charge in [0, 0.05) is 9.58 Å². The van der Waals surface area contributed by atoms with Crippen LogP contribution in [-0.4, -0.2) is 17.6 Å². The van der Waals surface area contributed by atoms with Crippen LogP contribution in [0.4, 0.5) is 0 Å². The molecule has 0 spiro atoms. The predicted octanol–water partition coefficient (Wildman–Crippen LogP) is 4.19. The van der Waals surface area contributed by atoms with Crippen LogP contribution in [0.5, 0.6) is 0 Å². The van der Waals surface area contributed by atoms with Gasteiger partial charge >= 0.3 is 0 Å². The van der Waals surface area contributed by atoms with Gasteiger partial charge in [-0.15, -0.1) is 11.3 Å². The summed E-state index contributed by atoms with van der Waals surface area (Å²) in [7, 11) is 0. The third kappa shape index (κ3) is 3.39. The molecule has 1 atom stereocenters. The van der Waals surface area contributed by atoms with Gasteiger partial charge in [0.15, 0.2) is 0 Å². The smallest absolute Gasteiger partial charge is 0.252 e. The van der Waals surface area contributed by atoms with Gasteiger partial charge in [-0.05, 0) is 36.6 Å². The van der Waals surface area contributed by atoms with E-state index < -0.39 is 5.60 Å². The van der Waals surface area contributed by atoms with E-state index in [1.807, 2.05) is 30.3 Å². The summed E-state index contributed by atoms with van der Waals surface area (Å²) in [5.41, 5.74) is -0.734. The highest BCUT2D eigenvalue weighted by molar-refractivity contribution is 7.19. The number of benzene rings is 2. The van der Waals surface area contributed by atoms with Crippen LogP contribution >= 0.6 is 22.9 Å². The van der Waals surface area contributed by atoms with E-state index in [-0.39, 0.29) is 12.5 Å². The van der Waals surface area contributed by atoms with Gasteiger partial charge in [-0.3, -0.25) is 4.79 Å². The molecular weight excluding hydrogens is 330 g/mol. The van der Waals surface area contributed by atoms with Gasteiger partial charge in [-0.2, -0.15) is 0 Å². The highest BCUT2D eigenvalue weighted by Gasteiger charge is 2.26. The minimum Gasteiger partial charge on any atom is -0.383 e. The summed E-state index contributed by atoms with van der Waals surface area (Å²) in [5.74, 6) is -0.294. The number of carbonyl (C=O) groups is 1. The lowest BCUT2D eigenvalue weighted by Gasteiger charge is -2.22. The Morgan fingerprint density at radius 3 is 2.65 bits per heavy atom. The number of fused-ring (bicyclic) bond motifs is 1. The van der Waals surface area contributed by atoms with Crippen molar-refractivity contribution in [3.05, 3.63) is 70.1 Å². The Balaban J connectivity index is 1.76. The molecule has 23 heavy (non-hydrogen) atoms. The Morgan fingerprint density at radius 1 is 1.22 bits per heavy atom. The molecule has 3 aromatic rings. The lowest BCUT2D eigenvalue weighted by molar-refractivity contribution is 0.0557. The first kappa shape index (κ1) is 16.0. The summed E-state index contributed by atoms with van der Waals surface area (Å²) in [6.07, 6.45) is 0. The van der Waals surface area contributed by atoms with E-state index in [1.54, 1.807) is 31.2 Å². The SMILES string of the molecule is CC(O)(CNC(=O)c1ccccc1Cl)c1cc2ccccc2s1. The number of aliphatic hydroxyl groups is 1. The zero-order chi connectivity index (χ0) is 16.4. The third-order valence-corrected chi connectivity index (χ3v) is 5.37. The second kappa shape index (κ2) is 6.32. The summed E-state index contributed by atoms with van der Waals surface area (Å²) in [6.45, 7) is 1.81. The molecule has 1 heterocycles. The highest BCUT2D eigenvalue weighted by Crippen LogP contribution is 2.32. The van der Waals surface area contributed by atoms with Gasteiger partial charge in [0.1, 0.15) is 5.60 Å². The Hall–Kier alpha value is -1.88. The van der Waals surface area contributed by atoms with Crippen molar-refractivity contribution < 1.29 is 9.90 Å². The van der Waals surface area contributed by atoms with Crippen LogP contribution in [0.2, 0.25) is 5.02 Å². The summed E-state index contributed by atoms with van der Waals surface area (Å²) < 4.78 is 1.11. The van der Waals surface area contributed by atoms with Gasteiger partial charge in [0.05, 0.1) is 17.1 Å². The molecule has 1 aromatic heterocycles. The van der Waals surface area contributed by atoms with Crippen molar-refractivity contribution in [2.75, 3.05) is 6.54 Å². The van der Waals surface area contributed by atoms with Gasteiger partial charge in [-0.25, -0.2) is 0 Å². The first-order valence-corrected chi connectivity index (χ1v) is 8.41. The molecule has 2 aromatic carbocycles. The Labute approximate surface area is 143 Å². The quantitative estimate of drug-likeness (QED) is 0.744. The number of amides is 1. The van der Waals surface area contributed by atoms with Crippen molar-refractivity contribution in [2.45, 2.75) is 12.5 Å². The van der Waals surface area contributed by atoms with E-state index in [4.69, 9.17) is 11.6 Å². The largest absolute Gasteiger partial charge is 0.383 e. The standard InChI is InChI=1S/C18H16ClNO2S/c1-18(22,16-10-12-6-2-5-9-15(12)23-16)11-20-17(21)13-7-3-4-8-14(13)19/h2-10,22H,11H2,1H3,(H,20,21). The molecule has 0 fully saturated rings. The minimum atomic E-state index is -1.14. The number of nitrogens with one attached hydrogen (secondary N) is 1. The first-order valence-electron chi connectivity index (χ1n) is 7.21. The normalized spacial score (nSPS) is 13.7. The number of rotatable bonds is 4. The van der Waals surface area contributed by atoms with Gasteiger partial charge in [-0.1, -0.05) is 41.9 Å². The maximum atomic E-state index is 12.2. The third-order valence-electron chi connectivity index (χ3n) is 3.67. The fourth-order valence-electron chi connectivity index (χ4n) is 2.33.